The van der Waals surface area contributed by atoms with Gasteiger partial charge in [-0.2, -0.15) is 4.68 Å². The highest BCUT2D eigenvalue weighted by Gasteiger charge is 2.23. The minimum Gasteiger partial charge on any atom is -0.352 e. The van der Waals surface area contributed by atoms with Gasteiger partial charge in [-0.1, -0.05) is 23.8 Å². The Balaban J connectivity index is 1.50. The number of hydrogen-bond donors (Lipinski definition) is 0. The summed E-state index contributed by atoms with van der Waals surface area (Å²) in [7, 11) is 0. The second-order valence-electron chi connectivity index (χ2n) is 7.86. The zero-order valence-corrected chi connectivity index (χ0v) is 17.6. The Morgan fingerprint density at radius 1 is 0.867 bits per heavy atom. The molecule has 1 aromatic heterocycles. The number of aryl methyl sites for hydroxylation is 3. The van der Waals surface area contributed by atoms with Crippen molar-refractivity contribution in [1.82, 2.24) is 14.7 Å². The van der Waals surface area contributed by atoms with Gasteiger partial charge in [-0.3, -0.25) is 9.59 Å². The van der Waals surface area contributed by atoms with Crippen LogP contribution < -0.4 is 10.5 Å². The van der Waals surface area contributed by atoms with Gasteiger partial charge >= 0.3 is 0 Å². The summed E-state index contributed by atoms with van der Waals surface area (Å²) in [5.41, 5.74) is 4.71. The van der Waals surface area contributed by atoms with E-state index in [1.807, 2.05) is 68.1 Å². The molecule has 154 valence electrons. The van der Waals surface area contributed by atoms with Crippen LogP contribution in [0.3, 0.4) is 0 Å². The Morgan fingerprint density at radius 3 is 2.33 bits per heavy atom. The molecule has 0 N–H and O–H groups in total. The van der Waals surface area contributed by atoms with Crippen molar-refractivity contribution in [3.05, 3.63) is 87.2 Å². The van der Waals surface area contributed by atoms with Crippen molar-refractivity contribution in [2.45, 2.75) is 20.8 Å². The summed E-state index contributed by atoms with van der Waals surface area (Å²) in [4.78, 5) is 29.2. The van der Waals surface area contributed by atoms with E-state index >= 15 is 0 Å². The number of anilines is 1. The van der Waals surface area contributed by atoms with Gasteiger partial charge in [0.25, 0.3) is 11.5 Å². The lowest BCUT2D eigenvalue weighted by atomic mass is 10.1. The van der Waals surface area contributed by atoms with E-state index in [0.29, 0.717) is 26.2 Å². The number of piperazine rings is 1. The zero-order valence-electron chi connectivity index (χ0n) is 17.6. The molecule has 6 nitrogen and oxygen atoms in total. The number of benzene rings is 2. The summed E-state index contributed by atoms with van der Waals surface area (Å²) in [5.74, 6) is 0.807. The van der Waals surface area contributed by atoms with Crippen molar-refractivity contribution in [1.29, 1.82) is 0 Å². The van der Waals surface area contributed by atoms with Gasteiger partial charge in [0.2, 0.25) is 0 Å². The van der Waals surface area contributed by atoms with E-state index in [1.165, 1.54) is 10.2 Å². The van der Waals surface area contributed by atoms with Gasteiger partial charge in [0, 0.05) is 37.8 Å². The molecule has 0 atom stereocenters. The largest absolute Gasteiger partial charge is 0.352 e. The van der Waals surface area contributed by atoms with Crippen LogP contribution in [0.1, 0.15) is 27.0 Å². The van der Waals surface area contributed by atoms with E-state index in [9.17, 15) is 9.59 Å². The standard InChI is InChI=1S/C24H26N4O2/c1-17-5-4-6-20(15-17)24(30)27-13-11-26(12-14-27)22-9-10-23(29)28(25-22)21-8-7-18(2)19(3)16-21/h4-10,15-16H,11-14H2,1-3H3. The summed E-state index contributed by atoms with van der Waals surface area (Å²) in [6, 6.07) is 16.9. The lowest BCUT2D eigenvalue weighted by molar-refractivity contribution is 0.0746. The van der Waals surface area contributed by atoms with Crippen molar-refractivity contribution in [3.8, 4) is 5.69 Å². The fourth-order valence-electron chi connectivity index (χ4n) is 3.71. The van der Waals surface area contributed by atoms with Gasteiger partial charge in [0.1, 0.15) is 5.82 Å². The molecule has 2 aromatic carbocycles. The Bertz CT molecular complexity index is 1140. The zero-order chi connectivity index (χ0) is 21.3. The van der Waals surface area contributed by atoms with E-state index in [4.69, 9.17) is 0 Å². The fraction of sp³-hybridized carbons (Fsp3) is 0.292. The van der Waals surface area contributed by atoms with Crippen LogP contribution in [0.5, 0.6) is 0 Å². The number of aromatic nitrogens is 2. The highest BCUT2D eigenvalue weighted by Crippen LogP contribution is 2.17. The highest BCUT2D eigenvalue weighted by molar-refractivity contribution is 5.94. The van der Waals surface area contributed by atoms with E-state index < -0.39 is 0 Å². The van der Waals surface area contributed by atoms with Crippen LogP contribution in [0, 0.1) is 20.8 Å². The van der Waals surface area contributed by atoms with Gasteiger partial charge in [0.15, 0.2) is 0 Å². The van der Waals surface area contributed by atoms with Crippen molar-refractivity contribution in [3.63, 3.8) is 0 Å². The third-order valence-corrected chi connectivity index (χ3v) is 5.68. The maximum Gasteiger partial charge on any atom is 0.271 e. The van der Waals surface area contributed by atoms with Gasteiger partial charge < -0.3 is 9.80 Å². The monoisotopic (exact) mass is 402 g/mol. The summed E-state index contributed by atoms with van der Waals surface area (Å²) in [5, 5.41) is 4.60. The molecule has 0 radical (unpaired) electrons. The highest BCUT2D eigenvalue weighted by atomic mass is 16.2. The summed E-state index contributed by atoms with van der Waals surface area (Å²) < 4.78 is 1.45. The Labute approximate surface area is 176 Å². The van der Waals surface area contributed by atoms with E-state index in [-0.39, 0.29) is 11.5 Å². The number of carbonyl (C=O) groups is 1. The molecule has 0 spiro atoms. The first-order valence-corrected chi connectivity index (χ1v) is 10.2. The first-order chi connectivity index (χ1) is 14.4. The molecule has 1 aliphatic rings. The van der Waals surface area contributed by atoms with Crippen LogP contribution in [0.4, 0.5) is 5.82 Å². The molecule has 3 aromatic rings. The normalized spacial score (nSPS) is 14.1. The van der Waals surface area contributed by atoms with Crippen LogP contribution in [0.25, 0.3) is 5.69 Å². The smallest absolute Gasteiger partial charge is 0.271 e. The van der Waals surface area contributed by atoms with Gasteiger partial charge in [-0.15, -0.1) is 5.10 Å². The molecule has 1 aliphatic heterocycles. The molecular formula is C24H26N4O2. The molecule has 2 heterocycles. The maximum atomic E-state index is 12.8. The Morgan fingerprint density at radius 2 is 1.63 bits per heavy atom. The minimum absolute atomic E-state index is 0.0615. The molecule has 0 aliphatic carbocycles. The van der Waals surface area contributed by atoms with Crippen LogP contribution in [-0.2, 0) is 0 Å². The average molecular weight is 402 g/mol. The molecule has 1 saturated heterocycles. The summed E-state index contributed by atoms with van der Waals surface area (Å²) in [6.07, 6.45) is 0. The van der Waals surface area contributed by atoms with Crippen molar-refractivity contribution in [2.75, 3.05) is 31.1 Å². The van der Waals surface area contributed by atoms with Gasteiger partial charge in [-0.25, -0.2) is 0 Å². The number of nitrogens with zero attached hydrogens (tertiary/aromatic N) is 4. The molecule has 4 rings (SSSR count). The second kappa shape index (κ2) is 8.14. The topological polar surface area (TPSA) is 58.4 Å². The lowest BCUT2D eigenvalue weighted by Crippen LogP contribution is -2.49. The van der Waals surface area contributed by atoms with E-state index in [2.05, 4.69) is 10.00 Å². The van der Waals surface area contributed by atoms with Gasteiger partial charge in [-0.05, 0) is 62.2 Å². The minimum atomic E-state index is -0.157. The van der Waals surface area contributed by atoms with Crippen LogP contribution in [0.2, 0.25) is 0 Å². The molecule has 1 fully saturated rings. The predicted molar refractivity (Wildman–Crippen MR) is 119 cm³/mol. The summed E-state index contributed by atoms with van der Waals surface area (Å²) in [6.45, 7) is 8.66. The Kier molecular flexibility index (Phi) is 5.40. The van der Waals surface area contributed by atoms with E-state index in [1.54, 1.807) is 12.1 Å². The van der Waals surface area contributed by atoms with Crippen LogP contribution in [-0.4, -0.2) is 46.8 Å². The van der Waals surface area contributed by atoms with Crippen LogP contribution >= 0.6 is 0 Å². The molecular weight excluding hydrogens is 376 g/mol. The van der Waals surface area contributed by atoms with Crippen LogP contribution in [0.15, 0.2) is 59.4 Å². The SMILES string of the molecule is Cc1cccc(C(=O)N2CCN(c3ccc(=O)n(-c4ccc(C)c(C)c4)n3)CC2)c1. The number of rotatable bonds is 3. The maximum absolute atomic E-state index is 12.8. The molecule has 0 bridgehead atoms. The molecule has 0 unspecified atom stereocenters. The quantitative estimate of drug-likeness (QED) is 0.675. The third kappa shape index (κ3) is 3.99. The predicted octanol–water partition coefficient (Wildman–Crippen LogP) is 3.12. The lowest BCUT2D eigenvalue weighted by Gasteiger charge is -2.35. The second-order valence-corrected chi connectivity index (χ2v) is 7.86. The van der Waals surface area contributed by atoms with Crippen molar-refractivity contribution in [2.24, 2.45) is 0 Å². The average Bonchev–Trinajstić information content (AvgIpc) is 2.76. The Hall–Kier alpha value is -3.41. The number of amides is 1. The molecule has 6 heteroatoms. The fourth-order valence-corrected chi connectivity index (χ4v) is 3.71. The van der Waals surface area contributed by atoms with Crippen molar-refractivity contribution >= 4 is 11.7 Å². The molecule has 0 saturated carbocycles. The molecule has 30 heavy (non-hydrogen) atoms. The van der Waals surface area contributed by atoms with Crippen molar-refractivity contribution < 1.29 is 4.79 Å². The van der Waals surface area contributed by atoms with Gasteiger partial charge in [0.05, 0.1) is 5.69 Å². The number of hydrogen-bond acceptors (Lipinski definition) is 4. The first kappa shape index (κ1) is 19.9. The summed E-state index contributed by atoms with van der Waals surface area (Å²) >= 11 is 0. The van der Waals surface area contributed by atoms with E-state index in [0.717, 1.165) is 28.2 Å². The first-order valence-electron chi connectivity index (χ1n) is 10.2. The third-order valence-electron chi connectivity index (χ3n) is 5.68. The molecule has 1 amide bonds. The number of carbonyl (C=O) groups excluding carboxylic acids is 1.